The number of aliphatic hydroxyl groups is 1. The molecule has 1 unspecified atom stereocenters. The second-order valence-electron chi connectivity index (χ2n) is 4.87. The van der Waals surface area contributed by atoms with Crippen molar-refractivity contribution in [2.24, 2.45) is 0 Å². The lowest BCUT2D eigenvalue weighted by Crippen LogP contribution is -2.47. The van der Waals surface area contributed by atoms with Gasteiger partial charge in [0, 0.05) is 13.0 Å². The van der Waals surface area contributed by atoms with E-state index in [9.17, 15) is 9.50 Å². The molecule has 2 rings (SSSR count). The van der Waals surface area contributed by atoms with Crippen LogP contribution in [0.1, 0.15) is 18.4 Å². The second-order valence-corrected chi connectivity index (χ2v) is 4.87. The lowest BCUT2D eigenvalue weighted by Gasteiger charge is -2.37. The van der Waals surface area contributed by atoms with Crippen molar-refractivity contribution in [3.8, 4) is 0 Å². The van der Waals surface area contributed by atoms with Gasteiger partial charge >= 0.3 is 0 Å². The molecule has 3 heteroatoms. The Balaban J connectivity index is 2.05. The number of hydrogen-bond donors (Lipinski definition) is 1. The van der Waals surface area contributed by atoms with Crippen LogP contribution in [0.25, 0.3) is 0 Å². The summed E-state index contributed by atoms with van der Waals surface area (Å²) >= 11 is 0. The van der Waals surface area contributed by atoms with E-state index in [0.717, 1.165) is 24.9 Å². The summed E-state index contributed by atoms with van der Waals surface area (Å²) in [4.78, 5) is 2.15. The summed E-state index contributed by atoms with van der Waals surface area (Å²) in [5.41, 5.74) is 0.351. The Morgan fingerprint density at radius 1 is 1.38 bits per heavy atom. The van der Waals surface area contributed by atoms with Crippen molar-refractivity contribution in [2.45, 2.75) is 24.9 Å². The Morgan fingerprint density at radius 2 is 2.06 bits per heavy atom. The van der Waals surface area contributed by atoms with Crippen molar-refractivity contribution in [2.75, 3.05) is 20.1 Å². The van der Waals surface area contributed by atoms with Gasteiger partial charge in [-0.3, -0.25) is 0 Å². The fourth-order valence-corrected chi connectivity index (χ4v) is 2.47. The molecule has 1 N–H and O–H groups in total. The maximum atomic E-state index is 12.8. The number of hydrogen-bond acceptors (Lipinski definition) is 2. The fraction of sp³-hybridized carbons (Fsp3) is 0.538. The summed E-state index contributed by atoms with van der Waals surface area (Å²) in [7, 11) is 2.02. The van der Waals surface area contributed by atoms with Crippen molar-refractivity contribution in [3.05, 3.63) is 35.6 Å². The molecule has 1 fully saturated rings. The van der Waals surface area contributed by atoms with Gasteiger partial charge in [0.1, 0.15) is 5.82 Å². The molecule has 2 nitrogen and oxygen atoms in total. The number of rotatable bonds is 2. The van der Waals surface area contributed by atoms with E-state index in [0.29, 0.717) is 13.0 Å². The normalized spacial score (nSPS) is 26.9. The monoisotopic (exact) mass is 223 g/mol. The van der Waals surface area contributed by atoms with Crippen LogP contribution in [-0.4, -0.2) is 35.7 Å². The molecule has 1 heterocycles. The quantitative estimate of drug-likeness (QED) is 0.826. The van der Waals surface area contributed by atoms with E-state index in [1.807, 2.05) is 7.05 Å². The predicted octanol–water partition coefficient (Wildman–Crippen LogP) is 1.82. The van der Waals surface area contributed by atoms with Crippen LogP contribution in [-0.2, 0) is 6.42 Å². The highest BCUT2D eigenvalue weighted by Gasteiger charge is 2.31. The molecular weight excluding hydrogens is 205 g/mol. The first-order valence-corrected chi connectivity index (χ1v) is 5.73. The highest BCUT2D eigenvalue weighted by molar-refractivity contribution is 5.18. The average Bonchev–Trinajstić information content (AvgIpc) is 2.21. The van der Waals surface area contributed by atoms with E-state index in [1.54, 1.807) is 12.1 Å². The molecule has 0 spiro atoms. The minimum absolute atomic E-state index is 0.225. The van der Waals surface area contributed by atoms with Gasteiger partial charge in [-0.25, -0.2) is 4.39 Å². The zero-order chi connectivity index (χ0) is 11.6. The lowest BCUT2D eigenvalue weighted by molar-refractivity contribution is -0.0224. The molecule has 1 saturated heterocycles. The number of nitrogens with zero attached hydrogens (tertiary/aromatic N) is 1. The van der Waals surface area contributed by atoms with Crippen LogP contribution >= 0.6 is 0 Å². The summed E-state index contributed by atoms with van der Waals surface area (Å²) in [6.45, 7) is 1.75. The Labute approximate surface area is 95.7 Å². The average molecular weight is 223 g/mol. The number of likely N-dealkylation sites (N-methyl/N-ethyl adjacent to an activating group) is 1. The van der Waals surface area contributed by atoms with Crippen molar-refractivity contribution < 1.29 is 9.50 Å². The maximum Gasteiger partial charge on any atom is 0.123 e. The van der Waals surface area contributed by atoms with Crippen LogP contribution in [0.4, 0.5) is 4.39 Å². The first kappa shape index (κ1) is 11.6. The molecule has 88 valence electrons. The zero-order valence-corrected chi connectivity index (χ0v) is 9.62. The van der Waals surface area contributed by atoms with E-state index >= 15 is 0 Å². The number of halogens is 1. The van der Waals surface area contributed by atoms with Gasteiger partial charge in [0.2, 0.25) is 0 Å². The van der Waals surface area contributed by atoms with Gasteiger partial charge in [-0.2, -0.15) is 0 Å². The highest BCUT2D eigenvalue weighted by atomic mass is 19.1. The van der Waals surface area contributed by atoms with E-state index in [4.69, 9.17) is 0 Å². The minimum atomic E-state index is -0.648. The van der Waals surface area contributed by atoms with Crippen LogP contribution in [0.2, 0.25) is 0 Å². The standard InChI is InChI=1S/C13H18FNO/c1-15-8-2-7-13(16,10-15)9-11-3-5-12(14)6-4-11/h3-6,16H,2,7-10H2,1H3. The van der Waals surface area contributed by atoms with E-state index in [-0.39, 0.29) is 5.82 Å². The number of β-amino-alcohol motifs (C(OH)–C–C–N with tert-alkyl or cyclic N) is 1. The largest absolute Gasteiger partial charge is 0.388 e. The number of benzene rings is 1. The molecule has 0 aromatic heterocycles. The molecule has 0 aliphatic carbocycles. The molecule has 0 saturated carbocycles. The van der Waals surface area contributed by atoms with Crippen molar-refractivity contribution in [1.82, 2.24) is 4.90 Å². The summed E-state index contributed by atoms with van der Waals surface area (Å²) in [6.07, 6.45) is 2.46. The summed E-state index contributed by atoms with van der Waals surface area (Å²) < 4.78 is 12.8. The van der Waals surface area contributed by atoms with Crippen LogP contribution in [0.3, 0.4) is 0 Å². The summed E-state index contributed by atoms with van der Waals surface area (Å²) in [5, 5.41) is 10.4. The summed E-state index contributed by atoms with van der Waals surface area (Å²) in [6, 6.07) is 6.40. The van der Waals surface area contributed by atoms with Crippen molar-refractivity contribution in [1.29, 1.82) is 0 Å². The van der Waals surface area contributed by atoms with Crippen molar-refractivity contribution >= 4 is 0 Å². The maximum absolute atomic E-state index is 12.8. The third-order valence-corrected chi connectivity index (χ3v) is 3.19. The Hall–Kier alpha value is -0.930. The van der Waals surface area contributed by atoms with Gasteiger partial charge in [0.05, 0.1) is 5.60 Å². The van der Waals surface area contributed by atoms with E-state index < -0.39 is 5.60 Å². The van der Waals surface area contributed by atoms with E-state index in [2.05, 4.69) is 4.90 Å². The molecule has 1 aliphatic rings. The highest BCUT2D eigenvalue weighted by Crippen LogP contribution is 2.24. The molecule has 1 aromatic rings. The third kappa shape index (κ3) is 2.80. The zero-order valence-electron chi connectivity index (χ0n) is 9.62. The fourth-order valence-electron chi connectivity index (χ4n) is 2.47. The van der Waals surface area contributed by atoms with Crippen LogP contribution in [0.5, 0.6) is 0 Å². The summed E-state index contributed by atoms with van der Waals surface area (Å²) in [5.74, 6) is -0.225. The molecule has 0 bridgehead atoms. The molecule has 0 radical (unpaired) electrons. The topological polar surface area (TPSA) is 23.5 Å². The van der Waals surface area contributed by atoms with Gasteiger partial charge in [0.15, 0.2) is 0 Å². The molecular formula is C13H18FNO. The van der Waals surface area contributed by atoms with Crippen LogP contribution < -0.4 is 0 Å². The third-order valence-electron chi connectivity index (χ3n) is 3.19. The first-order chi connectivity index (χ1) is 7.57. The minimum Gasteiger partial charge on any atom is -0.388 e. The first-order valence-electron chi connectivity index (χ1n) is 5.73. The van der Waals surface area contributed by atoms with Crippen LogP contribution in [0, 0.1) is 5.82 Å². The molecule has 16 heavy (non-hydrogen) atoms. The smallest absolute Gasteiger partial charge is 0.123 e. The van der Waals surface area contributed by atoms with Gasteiger partial charge in [-0.15, -0.1) is 0 Å². The Bertz CT molecular complexity index is 351. The second kappa shape index (κ2) is 4.52. The van der Waals surface area contributed by atoms with Gasteiger partial charge in [-0.05, 0) is 44.1 Å². The molecule has 1 aliphatic heterocycles. The number of piperidine rings is 1. The van der Waals surface area contributed by atoms with E-state index in [1.165, 1.54) is 12.1 Å². The van der Waals surface area contributed by atoms with Gasteiger partial charge < -0.3 is 10.0 Å². The number of likely N-dealkylation sites (tertiary alicyclic amines) is 1. The Kier molecular flexibility index (Phi) is 3.26. The molecule has 1 aromatic carbocycles. The Morgan fingerprint density at radius 3 is 2.69 bits per heavy atom. The van der Waals surface area contributed by atoms with Gasteiger partial charge in [-0.1, -0.05) is 12.1 Å². The molecule has 1 atom stereocenters. The molecule has 0 amide bonds. The lowest BCUT2D eigenvalue weighted by atomic mass is 9.87. The van der Waals surface area contributed by atoms with Crippen molar-refractivity contribution in [3.63, 3.8) is 0 Å². The van der Waals surface area contributed by atoms with Gasteiger partial charge in [0.25, 0.3) is 0 Å². The van der Waals surface area contributed by atoms with Crippen LogP contribution in [0.15, 0.2) is 24.3 Å². The predicted molar refractivity (Wildman–Crippen MR) is 61.8 cm³/mol. The SMILES string of the molecule is CN1CCCC(O)(Cc2ccc(F)cc2)C1.